The molecule has 20 heteroatoms. The third kappa shape index (κ3) is 12.6. The molecule has 410 valence electrons. The Morgan fingerprint density at radius 2 is 1.70 bits per heavy atom. The average Bonchev–Trinajstić information content (AvgIpc) is 4.12. The molecule has 5 fully saturated rings. The first-order valence-corrected chi connectivity index (χ1v) is 28.0. The van der Waals surface area contributed by atoms with E-state index >= 15 is 0 Å². The van der Waals surface area contributed by atoms with E-state index in [4.69, 9.17) is 5.73 Å². The molecular weight excluding hydrogens is 1010 g/mol. The van der Waals surface area contributed by atoms with E-state index in [1.54, 1.807) is 18.2 Å². The number of benzene rings is 2. The highest BCUT2D eigenvalue weighted by atomic mass is 32.1. The third-order valence-electron chi connectivity index (χ3n) is 16.7. The van der Waals surface area contributed by atoms with Crippen molar-refractivity contribution in [3.05, 3.63) is 69.6 Å². The number of piperidine rings is 2. The SMILES string of the molecule is CN1C[C@H]2CC[C@@H](C(=O)N[C@@H](CCC(N)=O)C(=O)C[C@H](C(=O)N3CCC(CCC#Cc4cccc5c4CN(C4CCC(=O)NC4=O)C5=O)CC3)C3CCCCC3)N2C(=O)[C@@H](NC(=O)c2cc3cc(C(C)(F)F)ccc3s2)C1. The smallest absolute Gasteiger partial charge is 0.270 e. The van der Waals surface area contributed by atoms with E-state index in [0.29, 0.717) is 60.5 Å². The Morgan fingerprint density at radius 1 is 0.935 bits per heavy atom. The highest BCUT2D eigenvalue weighted by Crippen LogP contribution is 2.37. The molecule has 6 heterocycles. The quantitative estimate of drug-likeness (QED) is 0.109. The fourth-order valence-electron chi connectivity index (χ4n) is 12.5. The summed E-state index contributed by atoms with van der Waals surface area (Å²) in [7, 11) is 1.82. The monoisotopic (exact) mass is 1080 g/mol. The summed E-state index contributed by atoms with van der Waals surface area (Å²) in [5.74, 6) is -0.629. The van der Waals surface area contributed by atoms with Gasteiger partial charge < -0.3 is 36.0 Å². The molecule has 6 aliphatic rings. The number of nitrogens with one attached hydrogen (secondary N) is 3. The fourth-order valence-corrected chi connectivity index (χ4v) is 13.4. The summed E-state index contributed by atoms with van der Waals surface area (Å²) in [6, 6.07) is 6.88. The van der Waals surface area contributed by atoms with Crippen LogP contribution in [0.4, 0.5) is 8.78 Å². The Morgan fingerprint density at radius 3 is 2.43 bits per heavy atom. The second kappa shape index (κ2) is 23.6. The van der Waals surface area contributed by atoms with Crippen LogP contribution in [0.1, 0.15) is 146 Å². The molecule has 6 atom stereocenters. The van der Waals surface area contributed by atoms with Crippen LogP contribution in [-0.4, -0.2) is 136 Å². The van der Waals surface area contributed by atoms with Gasteiger partial charge in [-0.05, 0) is 118 Å². The number of carbonyl (C=O) groups excluding carboxylic acids is 9. The number of hydrogen-bond acceptors (Lipinski definition) is 11. The molecule has 0 bridgehead atoms. The molecule has 77 heavy (non-hydrogen) atoms. The molecule has 3 aromatic rings. The van der Waals surface area contributed by atoms with Gasteiger partial charge in [0, 0.05) is 98.7 Å². The number of likely N-dealkylation sites (N-methyl/N-ethyl adjacent to an activating group) is 1. The van der Waals surface area contributed by atoms with Crippen LogP contribution >= 0.6 is 11.3 Å². The number of amides is 8. The number of imide groups is 1. The van der Waals surface area contributed by atoms with Gasteiger partial charge in [0.05, 0.1) is 10.9 Å². The number of likely N-dealkylation sites (tertiary alicyclic amines) is 1. The van der Waals surface area contributed by atoms with Crippen LogP contribution in [0.3, 0.4) is 0 Å². The molecular formula is C57H68F2N8O9S. The largest absolute Gasteiger partial charge is 0.370 e. The average molecular weight is 1080 g/mol. The molecule has 1 aliphatic carbocycles. The van der Waals surface area contributed by atoms with Gasteiger partial charge in [0.2, 0.25) is 35.4 Å². The lowest BCUT2D eigenvalue weighted by molar-refractivity contribution is -0.143. The summed E-state index contributed by atoms with van der Waals surface area (Å²) >= 11 is 1.12. The zero-order valence-electron chi connectivity index (χ0n) is 43.7. The number of nitrogens with zero attached hydrogens (tertiary/aromatic N) is 4. The minimum absolute atomic E-state index is 0.0351. The summed E-state index contributed by atoms with van der Waals surface area (Å²) in [5, 5.41) is 8.54. The van der Waals surface area contributed by atoms with Crippen molar-refractivity contribution in [3.8, 4) is 11.8 Å². The van der Waals surface area contributed by atoms with Gasteiger partial charge >= 0.3 is 0 Å². The van der Waals surface area contributed by atoms with Crippen LogP contribution in [0, 0.1) is 29.6 Å². The minimum Gasteiger partial charge on any atom is -0.370 e. The topological polar surface area (TPSA) is 229 Å². The zero-order chi connectivity index (χ0) is 54.7. The van der Waals surface area contributed by atoms with Crippen molar-refractivity contribution in [3.63, 3.8) is 0 Å². The van der Waals surface area contributed by atoms with Crippen molar-refractivity contribution in [2.24, 2.45) is 23.5 Å². The van der Waals surface area contributed by atoms with Crippen LogP contribution in [0.25, 0.3) is 10.1 Å². The van der Waals surface area contributed by atoms with Crippen molar-refractivity contribution in [2.45, 2.75) is 152 Å². The molecule has 1 aromatic heterocycles. The molecule has 5 aliphatic heterocycles. The maximum Gasteiger partial charge on any atom is 0.270 e. The molecule has 0 spiro atoms. The highest BCUT2D eigenvalue weighted by Gasteiger charge is 2.47. The lowest BCUT2D eigenvalue weighted by Crippen LogP contribution is -2.57. The van der Waals surface area contributed by atoms with Crippen molar-refractivity contribution >= 4 is 74.5 Å². The van der Waals surface area contributed by atoms with E-state index in [1.807, 2.05) is 22.9 Å². The number of carbonyl (C=O) groups is 9. The Kier molecular flexibility index (Phi) is 16.9. The second-order valence-electron chi connectivity index (χ2n) is 22.1. The number of alkyl halides is 2. The Bertz CT molecular complexity index is 2900. The van der Waals surface area contributed by atoms with E-state index in [0.717, 1.165) is 80.8 Å². The van der Waals surface area contributed by atoms with Crippen LogP contribution in [-0.2, 0) is 46.0 Å². The van der Waals surface area contributed by atoms with Gasteiger partial charge in [-0.2, -0.15) is 0 Å². The summed E-state index contributed by atoms with van der Waals surface area (Å²) < 4.78 is 28.8. The van der Waals surface area contributed by atoms with Gasteiger partial charge in [-0.15, -0.1) is 11.3 Å². The standard InChI is InChI=1S/C57H68F2N8O9S/c1-57(58,59)37-15-20-47-36(27-37)28-48(77-47)53(73)62-43-32-64(2)30-38-16-18-45(67(38)56(43)76)52(72)61-42(17-21-49(60)69)46(68)29-40(34-10-4-3-5-11-34)54(74)65-25-23-33(24-26-65)9-6-7-12-35-13-8-14-39-41(35)31-66(55(39)75)44-19-22-50(70)63-51(44)71/h8,13-15,20,27-28,33-34,38,40,42-45H,3-6,9-11,16-19,21-26,29-32H2,1-2H3,(H2,60,69)(H,61,72)(H,62,73)(H,63,70,71)/t38-,40+,42+,43+,44?,45+/m1/s1. The van der Waals surface area contributed by atoms with Crippen molar-refractivity contribution in [2.75, 3.05) is 33.2 Å². The number of fused-ring (bicyclic) bond motifs is 3. The van der Waals surface area contributed by atoms with Crippen LogP contribution in [0.15, 0.2) is 42.5 Å². The van der Waals surface area contributed by atoms with Gasteiger partial charge in [0.1, 0.15) is 18.1 Å². The summed E-state index contributed by atoms with van der Waals surface area (Å²) in [5.41, 5.74) is 7.42. The van der Waals surface area contributed by atoms with Crippen LogP contribution in [0.5, 0.6) is 0 Å². The lowest BCUT2D eigenvalue weighted by atomic mass is 9.76. The molecule has 2 aromatic carbocycles. The predicted octanol–water partition coefficient (Wildman–Crippen LogP) is 5.15. The van der Waals surface area contributed by atoms with Gasteiger partial charge in [0.15, 0.2) is 5.78 Å². The Balaban J connectivity index is 0.816. The van der Waals surface area contributed by atoms with Gasteiger partial charge in [-0.1, -0.05) is 43.2 Å². The van der Waals surface area contributed by atoms with E-state index < -0.39 is 65.5 Å². The Labute approximate surface area is 450 Å². The van der Waals surface area contributed by atoms with E-state index in [1.165, 1.54) is 28.0 Å². The van der Waals surface area contributed by atoms with Crippen LogP contribution < -0.4 is 21.7 Å². The summed E-state index contributed by atoms with van der Waals surface area (Å²) in [6.07, 6.45) is 8.27. The molecule has 1 saturated carbocycles. The van der Waals surface area contributed by atoms with E-state index in [9.17, 15) is 51.9 Å². The van der Waals surface area contributed by atoms with Gasteiger partial charge in [-0.25, -0.2) is 8.78 Å². The molecule has 5 N–H and O–H groups in total. The number of thiophene rings is 1. The third-order valence-corrected chi connectivity index (χ3v) is 17.8. The number of hydrogen-bond donors (Lipinski definition) is 4. The van der Waals surface area contributed by atoms with Crippen molar-refractivity contribution < 1.29 is 51.9 Å². The maximum absolute atomic E-state index is 14.6. The first-order chi connectivity index (χ1) is 36.8. The summed E-state index contributed by atoms with van der Waals surface area (Å²) in [4.78, 5) is 128. The summed E-state index contributed by atoms with van der Waals surface area (Å²) in [6.45, 7) is 2.68. The first-order valence-electron chi connectivity index (χ1n) is 27.2. The van der Waals surface area contributed by atoms with Gasteiger partial charge in [0.25, 0.3) is 17.7 Å². The molecule has 4 saturated heterocycles. The zero-order valence-corrected chi connectivity index (χ0v) is 44.5. The lowest BCUT2D eigenvalue weighted by Gasteiger charge is -2.37. The second-order valence-corrected chi connectivity index (χ2v) is 23.2. The number of rotatable bonds is 16. The predicted molar refractivity (Wildman–Crippen MR) is 282 cm³/mol. The molecule has 8 amide bonds. The van der Waals surface area contributed by atoms with E-state index in [2.05, 4.69) is 27.8 Å². The highest BCUT2D eigenvalue weighted by molar-refractivity contribution is 7.20. The number of ketones is 1. The molecule has 0 radical (unpaired) electrons. The number of primary amides is 1. The Hall–Kier alpha value is -6.59. The van der Waals surface area contributed by atoms with Crippen molar-refractivity contribution in [1.29, 1.82) is 0 Å². The number of halogens is 2. The molecule has 1 unspecified atom stereocenters. The number of Topliss-reactive ketones (excluding diaryl/α,β-unsaturated/α-hetero) is 1. The number of nitrogens with two attached hydrogens (primary N) is 1. The fraction of sp³-hybridized carbons (Fsp3) is 0.561. The maximum atomic E-state index is 14.6. The van der Waals surface area contributed by atoms with Gasteiger partial charge in [-0.3, -0.25) is 48.5 Å². The minimum atomic E-state index is -3.07. The normalized spacial score (nSPS) is 23.4. The molecule has 17 nitrogen and oxygen atoms in total. The van der Waals surface area contributed by atoms with Crippen LogP contribution in [0.2, 0.25) is 0 Å². The molecule has 9 rings (SSSR count). The van der Waals surface area contributed by atoms with E-state index in [-0.39, 0.29) is 91.1 Å². The van der Waals surface area contributed by atoms with Crippen molar-refractivity contribution in [1.82, 2.24) is 35.6 Å². The first kappa shape index (κ1) is 55.2.